The van der Waals surface area contributed by atoms with Crippen molar-refractivity contribution in [3.05, 3.63) is 89.2 Å². The van der Waals surface area contributed by atoms with Crippen molar-refractivity contribution in [1.29, 1.82) is 5.26 Å². The lowest BCUT2D eigenvalue weighted by atomic mass is 10.1. The van der Waals surface area contributed by atoms with Crippen LogP contribution >= 0.6 is 0 Å². The van der Waals surface area contributed by atoms with Gasteiger partial charge in [0.15, 0.2) is 0 Å². The summed E-state index contributed by atoms with van der Waals surface area (Å²) in [5.74, 6) is -2.40. The van der Waals surface area contributed by atoms with E-state index >= 15 is 0 Å². The molecule has 0 fully saturated rings. The number of fused-ring (bicyclic) bond motifs is 1. The number of nitrogens with zero attached hydrogens (tertiary/aromatic N) is 2. The number of benzene rings is 3. The molecule has 4 rings (SSSR count). The third-order valence-corrected chi connectivity index (χ3v) is 4.80. The Kier molecular flexibility index (Phi) is 5.82. The van der Waals surface area contributed by atoms with E-state index in [0.717, 1.165) is 11.6 Å². The smallest absolute Gasteiger partial charge is 0.337 e. The Balaban J connectivity index is 1.56. The van der Waals surface area contributed by atoms with Crippen LogP contribution < -0.4 is 10.6 Å². The zero-order valence-electron chi connectivity index (χ0n) is 17.0. The molecule has 1 heterocycles. The number of nitrogens with one attached hydrogen (secondary N) is 2. The molecular formula is C24H16N4O5. The predicted molar refractivity (Wildman–Crippen MR) is 119 cm³/mol. The van der Waals surface area contributed by atoms with E-state index in [1.165, 1.54) is 12.1 Å². The summed E-state index contributed by atoms with van der Waals surface area (Å²) < 4.78 is 5.18. The van der Waals surface area contributed by atoms with Gasteiger partial charge in [0.25, 0.3) is 5.91 Å². The first kappa shape index (κ1) is 21.3. The van der Waals surface area contributed by atoms with Gasteiger partial charge in [0, 0.05) is 5.69 Å². The molecule has 9 nitrogen and oxygen atoms in total. The number of carboxylic acids is 1. The van der Waals surface area contributed by atoms with E-state index in [2.05, 4.69) is 15.8 Å². The summed E-state index contributed by atoms with van der Waals surface area (Å²) >= 11 is 0. The maximum absolute atomic E-state index is 12.8. The van der Waals surface area contributed by atoms with Gasteiger partial charge in [0.2, 0.25) is 11.7 Å². The van der Waals surface area contributed by atoms with E-state index in [-0.39, 0.29) is 34.9 Å². The van der Waals surface area contributed by atoms with Crippen LogP contribution in [-0.2, 0) is 11.2 Å². The van der Waals surface area contributed by atoms with Crippen LogP contribution in [0.15, 0.2) is 71.3 Å². The first-order chi connectivity index (χ1) is 15.9. The summed E-state index contributed by atoms with van der Waals surface area (Å²) in [5, 5.41) is 27.8. The molecule has 0 aliphatic carbocycles. The maximum Gasteiger partial charge on any atom is 0.337 e. The number of carboxylic acid groups (broad SMARTS) is 1. The molecule has 2 amide bonds. The Bertz CT molecular complexity index is 1420. The molecule has 162 valence electrons. The van der Waals surface area contributed by atoms with Crippen LogP contribution in [0, 0.1) is 11.3 Å². The minimum Gasteiger partial charge on any atom is -0.478 e. The number of carbonyl (C=O) groups excluding carboxylic acids is 2. The van der Waals surface area contributed by atoms with Gasteiger partial charge >= 0.3 is 5.97 Å². The first-order valence-corrected chi connectivity index (χ1v) is 9.76. The van der Waals surface area contributed by atoms with Crippen molar-refractivity contribution >= 4 is 40.1 Å². The molecular weight excluding hydrogens is 424 g/mol. The highest BCUT2D eigenvalue weighted by Gasteiger charge is 2.20. The number of amides is 2. The van der Waals surface area contributed by atoms with Crippen molar-refractivity contribution < 1.29 is 24.0 Å². The Morgan fingerprint density at radius 3 is 2.52 bits per heavy atom. The summed E-state index contributed by atoms with van der Waals surface area (Å²) in [7, 11) is 0. The Labute approximate surface area is 187 Å². The molecule has 0 aliphatic rings. The lowest BCUT2D eigenvalue weighted by Gasteiger charge is -2.08. The van der Waals surface area contributed by atoms with Gasteiger partial charge < -0.3 is 20.3 Å². The van der Waals surface area contributed by atoms with E-state index in [9.17, 15) is 19.5 Å². The molecule has 1 aromatic heterocycles. The molecule has 0 atom stereocenters. The predicted octanol–water partition coefficient (Wildman–Crippen LogP) is 3.83. The number of carbonyl (C=O) groups is 3. The average molecular weight is 440 g/mol. The first-order valence-electron chi connectivity index (χ1n) is 9.76. The minimum absolute atomic E-state index is 0.00312. The van der Waals surface area contributed by atoms with Crippen molar-refractivity contribution in [1.82, 2.24) is 5.16 Å². The third-order valence-electron chi connectivity index (χ3n) is 4.80. The van der Waals surface area contributed by atoms with Crippen molar-refractivity contribution in [3.8, 4) is 6.07 Å². The van der Waals surface area contributed by atoms with Crippen molar-refractivity contribution in [2.45, 2.75) is 6.42 Å². The highest BCUT2D eigenvalue weighted by atomic mass is 16.5. The van der Waals surface area contributed by atoms with E-state index < -0.39 is 11.9 Å². The van der Waals surface area contributed by atoms with Crippen molar-refractivity contribution in [2.24, 2.45) is 0 Å². The van der Waals surface area contributed by atoms with Crippen LogP contribution in [0.3, 0.4) is 0 Å². The molecule has 0 bridgehead atoms. The fourth-order valence-electron chi connectivity index (χ4n) is 3.25. The largest absolute Gasteiger partial charge is 0.478 e. The van der Waals surface area contributed by atoms with Crippen molar-refractivity contribution in [2.75, 3.05) is 10.6 Å². The second-order valence-electron chi connectivity index (χ2n) is 7.09. The molecule has 4 aromatic rings. The third kappa shape index (κ3) is 4.70. The van der Waals surface area contributed by atoms with Gasteiger partial charge in [-0.05, 0) is 42.0 Å². The molecule has 0 spiro atoms. The number of hydrogen-bond donors (Lipinski definition) is 3. The quantitative estimate of drug-likeness (QED) is 0.413. The molecule has 0 radical (unpaired) electrons. The second-order valence-corrected chi connectivity index (χ2v) is 7.09. The molecule has 9 heteroatoms. The van der Waals surface area contributed by atoms with E-state index in [1.807, 2.05) is 36.4 Å². The summed E-state index contributed by atoms with van der Waals surface area (Å²) in [6, 6.07) is 19.8. The number of anilines is 2. The van der Waals surface area contributed by atoms with Gasteiger partial charge in [-0.15, -0.1) is 0 Å². The summed E-state index contributed by atoms with van der Waals surface area (Å²) in [6.45, 7) is 0. The highest BCUT2D eigenvalue weighted by molar-refractivity contribution is 6.12. The van der Waals surface area contributed by atoms with E-state index in [4.69, 9.17) is 9.78 Å². The van der Waals surface area contributed by atoms with Crippen LogP contribution in [0.1, 0.15) is 32.0 Å². The number of nitriles is 1. The molecule has 0 aliphatic heterocycles. The van der Waals surface area contributed by atoms with Gasteiger partial charge in [0.1, 0.15) is 5.52 Å². The fraction of sp³-hybridized carbons (Fsp3) is 0.0417. The van der Waals surface area contributed by atoms with E-state index in [0.29, 0.717) is 16.6 Å². The van der Waals surface area contributed by atoms with Crippen LogP contribution in [-0.4, -0.2) is 28.0 Å². The number of aromatic carboxylic acids is 1. The molecule has 3 N–H and O–H groups in total. The maximum atomic E-state index is 12.8. The van der Waals surface area contributed by atoms with E-state index in [1.54, 1.807) is 18.2 Å². The minimum atomic E-state index is -1.30. The van der Waals surface area contributed by atoms with Gasteiger partial charge in [-0.25, -0.2) is 4.79 Å². The summed E-state index contributed by atoms with van der Waals surface area (Å²) in [4.78, 5) is 36.7. The fourth-order valence-corrected chi connectivity index (χ4v) is 3.25. The molecule has 0 unspecified atom stereocenters. The molecule has 3 aromatic carbocycles. The van der Waals surface area contributed by atoms with Gasteiger partial charge in [-0.1, -0.05) is 35.5 Å². The van der Waals surface area contributed by atoms with Gasteiger partial charge in [-0.2, -0.15) is 5.26 Å². The summed E-state index contributed by atoms with van der Waals surface area (Å²) in [5.41, 5.74) is 1.61. The molecule has 0 saturated heterocycles. The normalized spacial score (nSPS) is 10.4. The zero-order valence-corrected chi connectivity index (χ0v) is 17.0. The Morgan fingerprint density at radius 1 is 1.00 bits per heavy atom. The lowest BCUT2D eigenvalue weighted by Crippen LogP contribution is -2.15. The lowest BCUT2D eigenvalue weighted by molar-refractivity contribution is -0.115. The Morgan fingerprint density at radius 2 is 1.79 bits per heavy atom. The van der Waals surface area contributed by atoms with Crippen LogP contribution in [0.4, 0.5) is 11.4 Å². The summed E-state index contributed by atoms with van der Waals surface area (Å²) in [6.07, 6.45) is 0.187. The van der Waals surface area contributed by atoms with Gasteiger partial charge in [0.05, 0.1) is 34.7 Å². The standard InChI is InChI=1S/C24H16N4O5/c25-13-15-6-8-19(18(10-15)24(31)32)27-23(30)22-17-12-16(7-9-20(17)28-33-22)26-21(29)11-14-4-2-1-3-5-14/h1-10,12H,11H2,(H,26,29)(H,27,30)(H,31,32). The second kappa shape index (κ2) is 9.03. The number of aromatic nitrogens is 1. The topological polar surface area (TPSA) is 145 Å². The van der Waals surface area contributed by atoms with Crippen LogP contribution in [0.5, 0.6) is 0 Å². The van der Waals surface area contributed by atoms with Crippen molar-refractivity contribution in [3.63, 3.8) is 0 Å². The zero-order chi connectivity index (χ0) is 23.4. The SMILES string of the molecule is N#Cc1ccc(NC(=O)c2onc3ccc(NC(=O)Cc4ccccc4)cc23)c(C(=O)O)c1. The van der Waals surface area contributed by atoms with Crippen LogP contribution in [0.2, 0.25) is 0 Å². The molecule has 0 saturated carbocycles. The number of rotatable bonds is 6. The Hall–Kier alpha value is -4.97. The molecule has 33 heavy (non-hydrogen) atoms. The van der Waals surface area contributed by atoms with Crippen LogP contribution in [0.25, 0.3) is 10.9 Å². The van der Waals surface area contributed by atoms with Gasteiger partial charge in [-0.3, -0.25) is 9.59 Å². The average Bonchev–Trinajstić information content (AvgIpc) is 3.23. The highest BCUT2D eigenvalue weighted by Crippen LogP contribution is 2.25. The number of hydrogen-bond acceptors (Lipinski definition) is 6. The monoisotopic (exact) mass is 440 g/mol.